The minimum absolute atomic E-state index is 0.00757. The summed E-state index contributed by atoms with van der Waals surface area (Å²) in [7, 11) is 1.63. The van der Waals surface area contributed by atoms with Gasteiger partial charge in [-0.2, -0.15) is 0 Å². The van der Waals surface area contributed by atoms with Crippen molar-refractivity contribution in [2.75, 3.05) is 25.5 Å². The second kappa shape index (κ2) is 8.06. The van der Waals surface area contributed by atoms with Crippen LogP contribution in [0.15, 0.2) is 48.5 Å². The van der Waals surface area contributed by atoms with E-state index in [2.05, 4.69) is 22.3 Å². The van der Waals surface area contributed by atoms with Crippen LogP contribution in [0, 0.1) is 0 Å². The van der Waals surface area contributed by atoms with E-state index in [0.717, 1.165) is 41.3 Å². The van der Waals surface area contributed by atoms with Crippen molar-refractivity contribution in [1.82, 2.24) is 9.88 Å². The lowest BCUT2D eigenvalue weighted by Gasteiger charge is -2.33. The molecule has 1 N–H and O–H groups in total. The molecule has 2 heterocycles. The Morgan fingerprint density at radius 2 is 2.04 bits per heavy atom. The van der Waals surface area contributed by atoms with Gasteiger partial charge < -0.3 is 10.1 Å². The molecule has 1 amide bonds. The summed E-state index contributed by atoms with van der Waals surface area (Å²) in [6.45, 7) is 1.31. The van der Waals surface area contributed by atoms with Crippen LogP contribution in [-0.2, 0) is 4.79 Å². The number of thiazole rings is 1. The van der Waals surface area contributed by atoms with Crippen LogP contribution in [-0.4, -0.2) is 36.0 Å². The number of methoxy groups -OCH3 is 1. The minimum Gasteiger partial charge on any atom is -0.497 e. The Labute approximate surface area is 163 Å². The fourth-order valence-corrected chi connectivity index (χ4v) is 4.69. The third kappa shape index (κ3) is 4.12. The van der Waals surface area contributed by atoms with Crippen LogP contribution in [0.5, 0.6) is 5.75 Å². The molecule has 1 fully saturated rings. The molecular formula is C21H23N3O2S. The minimum atomic E-state index is 0.00757. The second-order valence-electron chi connectivity index (χ2n) is 6.78. The van der Waals surface area contributed by atoms with Gasteiger partial charge in [0.25, 0.3) is 0 Å². The van der Waals surface area contributed by atoms with Crippen LogP contribution in [0.4, 0.5) is 5.69 Å². The largest absolute Gasteiger partial charge is 0.497 e. The van der Waals surface area contributed by atoms with E-state index in [9.17, 15) is 4.79 Å². The average Bonchev–Trinajstić information content (AvgIpc) is 3.13. The van der Waals surface area contributed by atoms with Crippen molar-refractivity contribution in [3.8, 4) is 5.75 Å². The maximum absolute atomic E-state index is 12.6. The number of nitrogens with one attached hydrogen (secondary N) is 1. The van der Waals surface area contributed by atoms with Crippen LogP contribution in [0.25, 0.3) is 10.2 Å². The molecule has 1 aromatic heterocycles. The molecule has 140 valence electrons. The Bertz CT molecular complexity index is 890. The number of hydrogen-bond acceptors (Lipinski definition) is 5. The SMILES string of the molecule is COc1ccc(NC(=O)CN2CCCC[C@@H]2c2nc3ccccc3s2)cc1. The fourth-order valence-electron chi connectivity index (χ4n) is 3.55. The monoisotopic (exact) mass is 381 g/mol. The molecule has 0 aliphatic carbocycles. The standard InChI is InChI=1S/C21H23N3O2S/c1-26-16-11-9-15(10-12-16)22-20(25)14-24-13-5-4-7-18(24)21-23-17-6-2-3-8-19(17)27-21/h2-3,6,8-12,18H,4-5,7,13-14H2,1H3,(H,22,25)/t18-/m1/s1. The number of para-hydroxylation sites is 1. The lowest BCUT2D eigenvalue weighted by Crippen LogP contribution is -2.39. The zero-order chi connectivity index (χ0) is 18.6. The highest BCUT2D eigenvalue weighted by molar-refractivity contribution is 7.18. The van der Waals surface area contributed by atoms with Gasteiger partial charge in [0, 0.05) is 5.69 Å². The zero-order valence-corrected chi connectivity index (χ0v) is 16.2. The van der Waals surface area contributed by atoms with Crippen molar-refractivity contribution in [1.29, 1.82) is 0 Å². The highest BCUT2D eigenvalue weighted by Crippen LogP contribution is 2.35. The first-order valence-corrected chi connectivity index (χ1v) is 10.1. The first kappa shape index (κ1) is 17.9. The first-order valence-electron chi connectivity index (χ1n) is 9.26. The summed E-state index contributed by atoms with van der Waals surface area (Å²) in [6.07, 6.45) is 3.35. The predicted octanol–water partition coefficient (Wildman–Crippen LogP) is 4.47. The van der Waals surface area contributed by atoms with Gasteiger partial charge in [-0.15, -0.1) is 11.3 Å². The topological polar surface area (TPSA) is 54.5 Å². The quantitative estimate of drug-likeness (QED) is 0.708. The molecule has 4 rings (SSSR count). The molecule has 2 aromatic carbocycles. The van der Waals surface area contributed by atoms with Crippen molar-refractivity contribution < 1.29 is 9.53 Å². The molecule has 1 atom stereocenters. The lowest BCUT2D eigenvalue weighted by molar-refractivity contribution is -0.118. The third-order valence-corrected chi connectivity index (χ3v) is 6.07. The molecule has 1 aliphatic rings. The Balaban J connectivity index is 1.46. The van der Waals surface area contributed by atoms with E-state index >= 15 is 0 Å². The molecule has 1 saturated heterocycles. The predicted molar refractivity (Wildman–Crippen MR) is 109 cm³/mol. The number of carbonyl (C=O) groups excluding carboxylic acids is 1. The average molecular weight is 382 g/mol. The number of carbonyl (C=O) groups is 1. The van der Waals surface area contributed by atoms with E-state index in [1.165, 1.54) is 11.1 Å². The molecule has 0 unspecified atom stereocenters. The maximum Gasteiger partial charge on any atom is 0.238 e. The number of benzene rings is 2. The van der Waals surface area contributed by atoms with Gasteiger partial charge in [-0.05, 0) is 55.8 Å². The summed E-state index contributed by atoms with van der Waals surface area (Å²) in [4.78, 5) is 19.7. The number of nitrogens with zero attached hydrogens (tertiary/aromatic N) is 2. The fraction of sp³-hybridized carbons (Fsp3) is 0.333. The van der Waals surface area contributed by atoms with Crippen molar-refractivity contribution in [3.63, 3.8) is 0 Å². The molecule has 0 bridgehead atoms. The van der Waals surface area contributed by atoms with E-state index in [1.807, 2.05) is 36.4 Å². The number of aromatic nitrogens is 1. The van der Waals surface area contributed by atoms with Crippen LogP contribution in [0.2, 0.25) is 0 Å². The Kier molecular flexibility index (Phi) is 5.36. The second-order valence-corrected chi connectivity index (χ2v) is 7.84. The summed E-state index contributed by atoms with van der Waals surface area (Å²) < 4.78 is 6.37. The number of piperidine rings is 1. The van der Waals surface area contributed by atoms with Gasteiger partial charge in [-0.25, -0.2) is 4.98 Å². The summed E-state index contributed by atoms with van der Waals surface area (Å²) in [5.41, 5.74) is 1.83. The van der Waals surface area contributed by atoms with Crippen molar-refractivity contribution in [3.05, 3.63) is 53.5 Å². The van der Waals surface area contributed by atoms with E-state index in [0.29, 0.717) is 6.54 Å². The Morgan fingerprint density at radius 1 is 1.22 bits per heavy atom. The maximum atomic E-state index is 12.6. The number of rotatable bonds is 5. The molecule has 0 radical (unpaired) electrons. The number of ether oxygens (including phenoxy) is 1. The van der Waals surface area contributed by atoms with E-state index in [-0.39, 0.29) is 11.9 Å². The molecule has 0 saturated carbocycles. The molecule has 5 nitrogen and oxygen atoms in total. The molecule has 27 heavy (non-hydrogen) atoms. The highest BCUT2D eigenvalue weighted by Gasteiger charge is 2.28. The van der Waals surface area contributed by atoms with Crippen molar-refractivity contribution in [2.24, 2.45) is 0 Å². The molecular weight excluding hydrogens is 358 g/mol. The molecule has 6 heteroatoms. The molecule has 3 aromatic rings. The zero-order valence-electron chi connectivity index (χ0n) is 15.4. The highest BCUT2D eigenvalue weighted by atomic mass is 32.1. The van der Waals surface area contributed by atoms with E-state index in [4.69, 9.17) is 9.72 Å². The number of hydrogen-bond donors (Lipinski definition) is 1. The van der Waals surface area contributed by atoms with Gasteiger partial charge >= 0.3 is 0 Å². The summed E-state index contributed by atoms with van der Waals surface area (Å²) >= 11 is 1.74. The lowest BCUT2D eigenvalue weighted by atomic mass is 10.0. The van der Waals surface area contributed by atoms with Crippen LogP contribution in [0.1, 0.15) is 30.3 Å². The number of amides is 1. The van der Waals surface area contributed by atoms with Gasteiger partial charge in [-0.1, -0.05) is 18.6 Å². The van der Waals surface area contributed by atoms with Crippen molar-refractivity contribution in [2.45, 2.75) is 25.3 Å². The third-order valence-electron chi connectivity index (χ3n) is 4.93. The number of likely N-dealkylation sites (tertiary alicyclic amines) is 1. The molecule has 0 spiro atoms. The van der Waals surface area contributed by atoms with Gasteiger partial charge in [-0.3, -0.25) is 9.69 Å². The van der Waals surface area contributed by atoms with E-state index < -0.39 is 0 Å². The first-order chi connectivity index (χ1) is 13.2. The normalized spacial score (nSPS) is 17.7. The van der Waals surface area contributed by atoms with Gasteiger partial charge in [0.2, 0.25) is 5.91 Å². The Morgan fingerprint density at radius 3 is 2.81 bits per heavy atom. The summed E-state index contributed by atoms with van der Waals surface area (Å²) in [5.74, 6) is 0.785. The van der Waals surface area contributed by atoms with Gasteiger partial charge in [0.05, 0.1) is 29.9 Å². The van der Waals surface area contributed by atoms with Crippen LogP contribution in [0.3, 0.4) is 0 Å². The molecule has 1 aliphatic heterocycles. The van der Waals surface area contributed by atoms with Crippen molar-refractivity contribution >= 4 is 33.1 Å². The van der Waals surface area contributed by atoms with E-state index in [1.54, 1.807) is 18.4 Å². The summed E-state index contributed by atoms with van der Waals surface area (Å²) in [6, 6.07) is 15.9. The van der Waals surface area contributed by atoms with Gasteiger partial charge in [0.15, 0.2) is 0 Å². The summed E-state index contributed by atoms with van der Waals surface area (Å²) in [5, 5.41) is 4.10. The van der Waals surface area contributed by atoms with Gasteiger partial charge in [0.1, 0.15) is 10.8 Å². The number of fused-ring (bicyclic) bond motifs is 1. The smallest absolute Gasteiger partial charge is 0.238 e. The number of anilines is 1. The Hall–Kier alpha value is -2.44. The van der Waals surface area contributed by atoms with Crippen LogP contribution < -0.4 is 10.1 Å². The van der Waals surface area contributed by atoms with Crippen LogP contribution >= 0.6 is 11.3 Å².